The Morgan fingerprint density at radius 1 is 1.00 bits per heavy atom. The third kappa shape index (κ3) is 4.13. The second-order valence-corrected chi connectivity index (χ2v) is 7.47. The van der Waals surface area contributed by atoms with E-state index in [0.29, 0.717) is 11.1 Å². The van der Waals surface area contributed by atoms with Crippen molar-refractivity contribution in [2.75, 3.05) is 34.8 Å². The van der Waals surface area contributed by atoms with Crippen LogP contribution in [0, 0.1) is 0 Å². The van der Waals surface area contributed by atoms with Gasteiger partial charge >= 0.3 is 0 Å². The van der Waals surface area contributed by atoms with E-state index in [1.165, 1.54) is 30.4 Å². The topological polar surface area (TPSA) is 56.3 Å². The highest BCUT2D eigenvalue weighted by atomic mass is 32.1. The molecule has 0 unspecified atom stereocenters. The van der Waals surface area contributed by atoms with Gasteiger partial charge in [-0.25, -0.2) is 0 Å². The van der Waals surface area contributed by atoms with E-state index in [9.17, 15) is 0 Å². The minimum Gasteiger partial charge on any atom is -0.363 e. The van der Waals surface area contributed by atoms with Gasteiger partial charge in [0.2, 0.25) is 5.95 Å². The molecule has 6 nitrogen and oxygen atoms in total. The Labute approximate surface area is 166 Å². The van der Waals surface area contributed by atoms with Gasteiger partial charge in [-0.15, -0.1) is 0 Å². The molecule has 0 bridgehead atoms. The number of thiocarbonyl (C=S) groups is 1. The lowest BCUT2D eigenvalue weighted by Crippen LogP contribution is -2.32. The zero-order valence-corrected chi connectivity index (χ0v) is 16.6. The van der Waals surface area contributed by atoms with Gasteiger partial charge in [-0.3, -0.25) is 0 Å². The summed E-state index contributed by atoms with van der Waals surface area (Å²) in [6.45, 7) is 6.65. The SMILES string of the molecule is CCNC(=S)Nc1nc(N2CCCCC2)cc(N2Cc3ccccc3C2)n1. The Kier molecular flexibility index (Phi) is 5.38. The van der Waals surface area contributed by atoms with E-state index in [1.807, 2.05) is 6.92 Å². The smallest absolute Gasteiger partial charge is 0.232 e. The number of hydrogen-bond donors (Lipinski definition) is 2. The summed E-state index contributed by atoms with van der Waals surface area (Å²) in [6.07, 6.45) is 3.73. The van der Waals surface area contributed by atoms with Gasteiger partial charge in [0.15, 0.2) is 5.11 Å². The van der Waals surface area contributed by atoms with Crippen LogP contribution >= 0.6 is 12.2 Å². The van der Waals surface area contributed by atoms with E-state index in [1.54, 1.807) is 0 Å². The van der Waals surface area contributed by atoms with E-state index in [-0.39, 0.29) is 0 Å². The first-order valence-electron chi connectivity index (χ1n) is 9.73. The lowest BCUT2D eigenvalue weighted by Gasteiger charge is -2.29. The molecule has 3 heterocycles. The molecule has 142 valence electrons. The summed E-state index contributed by atoms with van der Waals surface area (Å²) >= 11 is 5.34. The maximum Gasteiger partial charge on any atom is 0.232 e. The Morgan fingerprint density at radius 2 is 1.63 bits per heavy atom. The van der Waals surface area contributed by atoms with Gasteiger partial charge < -0.3 is 20.4 Å². The van der Waals surface area contributed by atoms with E-state index >= 15 is 0 Å². The van der Waals surface area contributed by atoms with Crippen molar-refractivity contribution >= 4 is 34.9 Å². The monoisotopic (exact) mass is 382 g/mol. The first-order valence-corrected chi connectivity index (χ1v) is 10.1. The van der Waals surface area contributed by atoms with Crippen LogP contribution in [0.5, 0.6) is 0 Å². The number of nitrogens with one attached hydrogen (secondary N) is 2. The number of aromatic nitrogens is 2. The Morgan fingerprint density at radius 3 is 2.26 bits per heavy atom. The molecule has 0 amide bonds. The molecule has 0 radical (unpaired) electrons. The molecule has 27 heavy (non-hydrogen) atoms. The molecule has 0 spiro atoms. The van der Waals surface area contributed by atoms with Crippen molar-refractivity contribution < 1.29 is 0 Å². The third-order valence-corrected chi connectivity index (χ3v) is 5.35. The van der Waals surface area contributed by atoms with Crippen LogP contribution in [0.4, 0.5) is 17.6 Å². The highest BCUT2D eigenvalue weighted by Crippen LogP contribution is 2.30. The Hall–Kier alpha value is -2.41. The number of benzene rings is 1. The van der Waals surface area contributed by atoms with Crippen molar-refractivity contribution in [1.82, 2.24) is 15.3 Å². The van der Waals surface area contributed by atoms with E-state index in [4.69, 9.17) is 22.2 Å². The van der Waals surface area contributed by atoms with Crippen LogP contribution < -0.4 is 20.4 Å². The van der Waals surface area contributed by atoms with Crippen molar-refractivity contribution in [1.29, 1.82) is 0 Å². The van der Waals surface area contributed by atoms with Crippen molar-refractivity contribution in [3.63, 3.8) is 0 Å². The van der Waals surface area contributed by atoms with E-state index in [0.717, 1.165) is 44.4 Å². The van der Waals surface area contributed by atoms with Gasteiger partial charge in [-0.05, 0) is 49.5 Å². The maximum absolute atomic E-state index is 5.34. The second-order valence-electron chi connectivity index (χ2n) is 7.06. The first kappa shape index (κ1) is 18.0. The maximum atomic E-state index is 5.34. The molecule has 1 saturated heterocycles. The zero-order valence-electron chi connectivity index (χ0n) is 15.7. The summed E-state index contributed by atoms with van der Waals surface area (Å²) in [7, 11) is 0. The number of fused-ring (bicyclic) bond motifs is 1. The highest BCUT2D eigenvalue weighted by Gasteiger charge is 2.22. The Bertz CT molecular complexity index is 793. The van der Waals surface area contributed by atoms with Crippen LogP contribution in [-0.4, -0.2) is 34.7 Å². The fourth-order valence-electron chi connectivity index (χ4n) is 3.73. The molecule has 1 aromatic carbocycles. The molecule has 1 aromatic heterocycles. The minimum absolute atomic E-state index is 0.559. The summed E-state index contributed by atoms with van der Waals surface area (Å²) in [6, 6.07) is 10.7. The first-order chi connectivity index (χ1) is 13.2. The molecule has 0 atom stereocenters. The predicted octanol–water partition coefficient (Wildman–Crippen LogP) is 3.29. The normalized spacial score (nSPS) is 16.2. The van der Waals surface area contributed by atoms with Crippen molar-refractivity contribution in [3.05, 3.63) is 41.5 Å². The number of rotatable bonds is 4. The number of nitrogens with zero attached hydrogens (tertiary/aromatic N) is 4. The summed E-state index contributed by atoms with van der Waals surface area (Å²) in [5.41, 5.74) is 2.74. The summed E-state index contributed by atoms with van der Waals surface area (Å²) in [5.74, 6) is 2.50. The summed E-state index contributed by atoms with van der Waals surface area (Å²) in [4.78, 5) is 14.2. The molecular weight excluding hydrogens is 356 g/mol. The van der Waals surface area contributed by atoms with Gasteiger partial charge in [-0.1, -0.05) is 24.3 Å². The van der Waals surface area contributed by atoms with Crippen molar-refractivity contribution in [3.8, 4) is 0 Å². The standard InChI is InChI=1S/C20H26N6S/c1-2-21-20(27)24-19-22-17(25-10-6-3-7-11-25)12-18(23-19)26-13-15-8-4-5-9-16(15)14-26/h4-5,8-9,12H,2-3,6-7,10-11,13-14H2,1H3,(H2,21,22,23,24,27). The fourth-order valence-corrected chi connectivity index (χ4v) is 3.96. The molecule has 0 saturated carbocycles. The average molecular weight is 383 g/mol. The van der Waals surface area contributed by atoms with Gasteiger partial charge in [0.25, 0.3) is 0 Å². The molecule has 2 N–H and O–H groups in total. The molecular formula is C20H26N6S. The molecule has 4 rings (SSSR count). The molecule has 0 aliphatic carbocycles. The number of hydrogen-bond acceptors (Lipinski definition) is 5. The van der Waals surface area contributed by atoms with Crippen LogP contribution in [0.2, 0.25) is 0 Å². The zero-order chi connectivity index (χ0) is 18.6. The van der Waals surface area contributed by atoms with Gasteiger partial charge in [0, 0.05) is 38.8 Å². The van der Waals surface area contributed by atoms with Crippen LogP contribution in [0.25, 0.3) is 0 Å². The lowest BCUT2D eigenvalue weighted by atomic mass is 10.1. The molecule has 7 heteroatoms. The molecule has 1 fully saturated rings. The molecule has 2 aromatic rings. The third-order valence-electron chi connectivity index (χ3n) is 5.11. The van der Waals surface area contributed by atoms with Crippen molar-refractivity contribution in [2.45, 2.75) is 39.3 Å². The minimum atomic E-state index is 0.559. The highest BCUT2D eigenvalue weighted by molar-refractivity contribution is 7.80. The number of anilines is 3. The average Bonchev–Trinajstić information content (AvgIpc) is 3.13. The van der Waals surface area contributed by atoms with Crippen LogP contribution in [0.15, 0.2) is 30.3 Å². The van der Waals surface area contributed by atoms with E-state index in [2.05, 4.69) is 50.8 Å². The van der Waals surface area contributed by atoms with E-state index < -0.39 is 0 Å². The summed E-state index contributed by atoms with van der Waals surface area (Å²) in [5, 5.41) is 6.82. The lowest BCUT2D eigenvalue weighted by molar-refractivity contribution is 0.573. The quantitative estimate of drug-likeness (QED) is 0.787. The largest absolute Gasteiger partial charge is 0.363 e. The molecule has 2 aliphatic rings. The van der Waals surface area contributed by atoms with Crippen LogP contribution in [0.3, 0.4) is 0 Å². The number of piperidine rings is 1. The second kappa shape index (κ2) is 8.08. The van der Waals surface area contributed by atoms with Gasteiger partial charge in [0.05, 0.1) is 0 Å². The van der Waals surface area contributed by atoms with Crippen LogP contribution in [0.1, 0.15) is 37.3 Å². The Balaban J connectivity index is 1.62. The van der Waals surface area contributed by atoms with Gasteiger partial charge in [-0.2, -0.15) is 9.97 Å². The predicted molar refractivity (Wildman–Crippen MR) is 114 cm³/mol. The molecule has 2 aliphatic heterocycles. The van der Waals surface area contributed by atoms with Crippen molar-refractivity contribution in [2.24, 2.45) is 0 Å². The van der Waals surface area contributed by atoms with Gasteiger partial charge in [0.1, 0.15) is 11.6 Å². The van der Waals surface area contributed by atoms with Crippen LogP contribution in [-0.2, 0) is 13.1 Å². The summed E-state index contributed by atoms with van der Waals surface area (Å²) < 4.78 is 0. The fraction of sp³-hybridized carbons (Fsp3) is 0.450.